The Kier molecular flexibility index (Phi) is 5.81. The molecule has 0 amide bonds. The number of carbonyl (C=O) groups excluding carboxylic acids is 1. The molecular formula is C13H25NO2. The highest BCUT2D eigenvalue weighted by atomic mass is 16.5. The molecule has 1 aliphatic heterocycles. The van der Waals surface area contributed by atoms with Crippen LogP contribution >= 0.6 is 0 Å². The minimum absolute atomic E-state index is 0.0419. The number of carbonyl (C=O) groups is 1. The van der Waals surface area contributed by atoms with E-state index in [-0.39, 0.29) is 5.97 Å². The Morgan fingerprint density at radius 3 is 2.44 bits per heavy atom. The van der Waals surface area contributed by atoms with E-state index in [0.717, 1.165) is 19.5 Å². The van der Waals surface area contributed by atoms with Gasteiger partial charge in [0, 0.05) is 6.04 Å². The van der Waals surface area contributed by atoms with Gasteiger partial charge in [0.05, 0.1) is 13.0 Å². The molecule has 3 nitrogen and oxygen atoms in total. The van der Waals surface area contributed by atoms with Gasteiger partial charge in [-0.3, -0.25) is 9.69 Å². The van der Waals surface area contributed by atoms with Crippen LogP contribution in [0.1, 0.15) is 46.5 Å². The third-order valence-corrected chi connectivity index (χ3v) is 3.59. The molecule has 1 aliphatic rings. The summed E-state index contributed by atoms with van der Waals surface area (Å²) in [6.07, 6.45) is 4.23. The summed E-state index contributed by atoms with van der Waals surface area (Å²) < 4.78 is 5.06. The van der Waals surface area contributed by atoms with Crippen molar-refractivity contribution < 1.29 is 9.53 Å². The molecule has 1 fully saturated rings. The van der Waals surface area contributed by atoms with Crippen molar-refractivity contribution in [1.82, 2.24) is 4.90 Å². The predicted octanol–water partition coefficient (Wildman–Crippen LogP) is 2.45. The lowest BCUT2D eigenvalue weighted by Crippen LogP contribution is -2.39. The molecule has 0 aromatic heterocycles. The maximum atomic E-state index is 11.6. The largest absolute Gasteiger partial charge is 0.466 e. The van der Waals surface area contributed by atoms with Crippen LogP contribution in [0.3, 0.4) is 0 Å². The molecule has 0 N–H and O–H groups in total. The van der Waals surface area contributed by atoms with Crippen molar-refractivity contribution in [2.45, 2.75) is 52.5 Å². The summed E-state index contributed by atoms with van der Waals surface area (Å²) in [6.45, 7) is 9.09. The van der Waals surface area contributed by atoms with Gasteiger partial charge in [0.2, 0.25) is 0 Å². The van der Waals surface area contributed by atoms with Crippen LogP contribution in [0, 0.1) is 5.92 Å². The fourth-order valence-corrected chi connectivity index (χ4v) is 2.43. The van der Waals surface area contributed by atoms with Gasteiger partial charge >= 0.3 is 5.97 Å². The van der Waals surface area contributed by atoms with Gasteiger partial charge in [-0.25, -0.2) is 0 Å². The van der Waals surface area contributed by atoms with E-state index in [1.807, 2.05) is 6.92 Å². The van der Waals surface area contributed by atoms with E-state index < -0.39 is 0 Å². The maximum absolute atomic E-state index is 11.6. The first kappa shape index (κ1) is 13.5. The molecule has 1 heterocycles. The van der Waals surface area contributed by atoms with Crippen LogP contribution in [0.5, 0.6) is 0 Å². The Morgan fingerprint density at radius 1 is 1.31 bits per heavy atom. The fourth-order valence-electron chi connectivity index (χ4n) is 2.43. The van der Waals surface area contributed by atoms with Crippen LogP contribution < -0.4 is 0 Å². The molecular weight excluding hydrogens is 202 g/mol. The van der Waals surface area contributed by atoms with Crippen molar-refractivity contribution >= 4 is 5.97 Å². The number of esters is 1. The lowest BCUT2D eigenvalue weighted by Gasteiger charge is -2.31. The molecule has 0 saturated carbocycles. The lowest BCUT2D eigenvalue weighted by atomic mass is 9.95. The van der Waals surface area contributed by atoms with Crippen molar-refractivity contribution in [2.24, 2.45) is 5.92 Å². The van der Waals surface area contributed by atoms with Crippen LogP contribution in [0.25, 0.3) is 0 Å². The first-order valence-electron chi connectivity index (χ1n) is 6.58. The zero-order valence-corrected chi connectivity index (χ0v) is 10.9. The van der Waals surface area contributed by atoms with Gasteiger partial charge in [-0.2, -0.15) is 0 Å². The van der Waals surface area contributed by atoms with Gasteiger partial charge in [0.1, 0.15) is 0 Å². The first-order valence-corrected chi connectivity index (χ1v) is 6.58. The second-order valence-electron chi connectivity index (χ2n) is 4.71. The zero-order valence-electron chi connectivity index (χ0n) is 10.9. The Hall–Kier alpha value is -0.570. The fraction of sp³-hybridized carbons (Fsp3) is 0.923. The molecule has 0 aliphatic carbocycles. The first-order chi connectivity index (χ1) is 7.69. The summed E-state index contributed by atoms with van der Waals surface area (Å²) in [6, 6.07) is 0.381. The highest BCUT2D eigenvalue weighted by Crippen LogP contribution is 2.22. The second kappa shape index (κ2) is 6.89. The van der Waals surface area contributed by atoms with Crippen molar-refractivity contribution in [2.75, 3.05) is 19.7 Å². The van der Waals surface area contributed by atoms with Crippen LogP contribution in [0.15, 0.2) is 0 Å². The predicted molar refractivity (Wildman–Crippen MR) is 65.3 cm³/mol. The smallest absolute Gasteiger partial charge is 0.307 e. The van der Waals surface area contributed by atoms with Crippen LogP contribution in [0.2, 0.25) is 0 Å². The summed E-state index contributed by atoms with van der Waals surface area (Å²) in [5.41, 5.74) is 0. The Balaban J connectivity index is 2.52. The van der Waals surface area contributed by atoms with E-state index in [1.54, 1.807) is 0 Å². The highest BCUT2D eigenvalue weighted by Gasteiger charge is 2.28. The summed E-state index contributed by atoms with van der Waals surface area (Å²) in [7, 11) is 0. The third kappa shape index (κ3) is 3.78. The molecule has 16 heavy (non-hydrogen) atoms. The zero-order chi connectivity index (χ0) is 12.0. The molecule has 0 aromatic carbocycles. The highest BCUT2D eigenvalue weighted by molar-refractivity contribution is 5.70. The summed E-state index contributed by atoms with van der Waals surface area (Å²) in [5, 5.41) is 0. The van der Waals surface area contributed by atoms with Gasteiger partial charge < -0.3 is 4.74 Å². The molecule has 3 heteroatoms. The number of hydrogen-bond acceptors (Lipinski definition) is 3. The van der Waals surface area contributed by atoms with Crippen LogP contribution in [-0.4, -0.2) is 36.6 Å². The molecule has 2 atom stereocenters. The normalized spacial score (nSPS) is 20.7. The van der Waals surface area contributed by atoms with Gasteiger partial charge in [0.15, 0.2) is 0 Å². The number of nitrogens with zero attached hydrogens (tertiary/aromatic N) is 1. The van der Waals surface area contributed by atoms with E-state index >= 15 is 0 Å². The molecule has 0 spiro atoms. The summed E-state index contributed by atoms with van der Waals surface area (Å²) >= 11 is 0. The van der Waals surface area contributed by atoms with E-state index in [0.29, 0.717) is 25.0 Å². The van der Waals surface area contributed by atoms with E-state index in [2.05, 4.69) is 18.7 Å². The molecule has 0 radical (unpaired) electrons. The standard InChI is InChI=1S/C13H25NO2/c1-4-11(3)12(10-13(15)16-5-2)14-8-6-7-9-14/h11-12H,4-10H2,1-3H3. The van der Waals surface area contributed by atoms with E-state index in [4.69, 9.17) is 4.74 Å². The number of hydrogen-bond donors (Lipinski definition) is 0. The SMILES string of the molecule is CCOC(=O)CC(C(C)CC)N1CCCC1. The monoisotopic (exact) mass is 227 g/mol. The van der Waals surface area contributed by atoms with Crippen molar-refractivity contribution in [1.29, 1.82) is 0 Å². The Morgan fingerprint density at radius 2 is 1.94 bits per heavy atom. The second-order valence-corrected chi connectivity index (χ2v) is 4.71. The molecule has 1 saturated heterocycles. The maximum Gasteiger partial charge on any atom is 0.307 e. The average Bonchev–Trinajstić information content (AvgIpc) is 2.78. The van der Waals surface area contributed by atoms with Crippen LogP contribution in [0.4, 0.5) is 0 Å². The molecule has 0 aromatic rings. The summed E-state index contributed by atoms with van der Waals surface area (Å²) in [4.78, 5) is 14.0. The van der Waals surface area contributed by atoms with Crippen molar-refractivity contribution in [3.63, 3.8) is 0 Å². The van der Waals surface area contributed by atoms with Gasteiger partial charge in [-0.05, 0) is 38.8 Å². The van der Waals surface area contributed by atoms with Crippen molar-refractivity contribution in [3.8, 4) is 0 Å². The van der Waals surface area contributed by atoms with Gasteiger partial charge in [-0.15, -0.1) is 0 Å². The van der Waals surface area contributed by atoms with E-state index in [9.17, 15) is 4.79 Å². The molecule has 1 rings (SSSR count). The minimum atomic E-state index is -0.0419. The average molecular weight is 227 g/mol. The Labute approximate surface area is 99.1 Å². The van der Waals surface area contributed by atoms with E-state index in [1.165, 1.54) is 12.8 Å². The minimum Gasteiger partial charge on any atom is -0.466 e. The molecule has 0 bridgehead atoms. The molecule has 94 valence electrons. The third-order valence-electron chi connectivity index (χ3n) is 3.59. The number of rotatable bonds is 6. The molecule has 2 unspecified atom stereocenters. The van der Waals surface area contributed by atoms with Crippen molar-refractivity contribution in [3.05, 3.63) is 0 Å². The Bertz CT molecular complexity index is 212. The van der Waals surface area contributed by atoms with Crippen LogP contribution in [-0.2, 0) is 9.53 Å². The van der Waals surface area contributed by atoms with Gasteiger partial charge in [-0.1, -0.05) is 20.3 Å². The lowest BCUT2D eigenvalue weighted by molar-refractivity contribution is -0.145. The van der Waals surface area contributed by atoms with Gasteiger partial charge in [0.25, 0.3) is 0 Å². The summed E-state index contributed by atoms with van der Waals surface area (Å²) in [5.74, 6) is 0.530. The number of likely N-dealkylation sites (tertiary alicyclic amines) is 1. The topological polar surface area (TPSA) is 29.5 Å². The quantitative estimate of drug-likeness (QED) is 0.653. The number of ether oxygens (including phenoxy) is 1.